The molecule has 0 saturated heterocycles. The summed E-state index contributed by atoms with van der Waals surface area (Å²) in [7, 11) is 1.64. The monoisotopic (exact) mass is 296 g/mol. The van der Waals surface area contributed by atoms with Gasteiger partial charge in [-0.05, 0) is 18.2 Å². The summed E-state index contributed by atoms with van der Waals surface area (Å²) in [6.45, 7) is 0.411. The maximum atomic E-state index is 6.08. The van der Waals surface area contributed by atoms with Gasteiger partial charge in [0.2, 0.25) is 0 Å². The summed E-state index contributed by atoms with van der Waals surface area (Å²) in [4.78, 5) is 0. The minimum Gasteiger partial charge on any atom is -0.496 e. The van der Waals surface area contributed by atoms with Crippen LogP contribution in [0.2, 0.25) is 5.02 Å². The van der Waals surface area contributed by atoms with Gasteiger partial charge in [0, 0.05) is 16.1 Å². The van der Waals surface area contributed by atoms with E-state index in [1.165, 1.54) is 0 Å². The Labute approximate surface area is 122 Å². The molecule has 0 radical (unpaired) electrons. The highest BCUT2D eigenvalue weighted by molar-refractivity contribution is 6.32. The first-order valence-electron chi connectivity index (χ1n) is 5.84. The molecular weight excluding hydrogens is 283 g/mol. The second kappa shape index (κ2) is 6.69. The van der Waals surface area contributed by atoms with E-state index in [0.29, 0.717) is 23.3 Å². The van der Waals surface area contributed by atoms with Gasteiger partial charge in [-0.15, -0.1) is 11.6 Å². The van der Waals surface area contributed by atoms with Crippen LogP contribution in [0.5, 0.6) is 11.5 Å². The summed E-state index contributed by atoms with van der Waals surface area (Å²) >= 11 is 12.0. The van der Waals surface area contributed by atoms with E-state index in [1.807, 2.05) is 36.4 Å². The molecule has 2 aromatic carbocycles. The van der Waals surface area contributed by atoms with Gasteiger partial charge < -0.3 is 9.47 Å². The molecule has 0 unspecified atom stereocenters. The number of alkyl halides is 1. The van der Waals surface area contributed by atoms with Gasteiger partial charge in [0.25, 0.3) is 0 Å². The number of benzene rings is 2. The van der Waals surface area contributed by atoms with Crippen molar-refractivity contribution < 1.29 is 9.47 Å². The fourth-order valence-electron chi connectivity index (χ4n) is 1.78. The van der Waals surface area contributed by atoms with Gasteiger partial charge in [-0.25, -0.2) is 0 Å². The van der Waals surface area contributed by atoms with E-state index in [9.17, 15) is 0 Å². The number of hydrogen-bond donors (Lipinski definition) is 0. The Morgan fingerprint density at radius 2 is 1.74 bits per heavy atom. The predicted molar refractivity (Wildman–Crippen MR) is 78.3 cm³/mol. The molecule has 0 heterocycles. The summed E-state index contributed by atoms with van der Waals surface area (Å²) < 4.78 is 11.1. The lowest BCUT2D eigenvalue weighted by molar-refractivity contribution is 0.294. The Morgan fingerprint density at radius 1 is 1.00 bits per heavy atom. The van der Waals surface area contributed by atoms with E-state index >= 15 is 0 Å². The van der Waals surface area contributed by atoms with Crippen molar-refractivity contribution in [3.63, 3.8) is 0 Å². The lowest BCUT2D eigenvalue weighted by Gasteiger charge is -2.13. The zero-order valence-corrected chi connectivity index (χ0v) is 12.0. The van der Waals surface area contributed by atoms with Gasteiger partial charge in [-0.1, -0.05) is 35.9 Å². The number of hydrogen-bond acceptors (Lipinski definition) is 2. The van der Waals surface area contributed by atoms with Crippen molar-refractivity contribution in [3.05, 3.63) is 58.6 Å². The van der Waals surface area contributed by atoms with E-state index in [-0.39, 0.29) is 0 Å². The largest absolute Gasteiger partial charge is 0.496 e. The highest BCUT2D eigenvalue weighted by Gasteiger charge is 2.08. The maximum Gasteiger partial charge on any atom is 0.125 e. The minimum absolute atomic E-state index is 0.320. The van der Waals surface area contributed by atoms with Crippen LogP contribution in [0, 0.1) is 0 Å². The molecule has 0 aromatic heterocycles. The van der Waals surface area contributed by atoms with Crippen LogP contribution >= 0.6 is 23.2 Å². The summed E-state index contributed by atoms with van der Waals surface area (Å²) in [5.74, 6) is 1.83. The van der Waals surface area contributed by atoms with Crippen LogP contribution in [0.1, 0.15) is 11.1 Å². The quantitative estimate of drug-likeness (QED) is 0.747. The Hall–Kier alpha value is -1.38. The van der Waals surface area contributed by atoms with Crippen LogP contribution in [-0.4, -0.2) is 7.11 Å². The highest BCUT2D eigenvalue weighted by atomic mass is 35.5. The molecule has 19 heavy (non-hydrogen) atoms. The second-order valence-electron chi connectivity index (χ2n) is 3.95. The molecule has 2 aromatic rings. The van der Waals surface area contributed by atoms with Crippen molar-refractivity contribution in [2.75, 3.05) is 7.11 Å². The SMILES string of the molecule is COc1ccccc1COc1cccc(Cl)c1CCl. The summed E-state index contributed by atoms with van der Waals surface area (Å²) in [6.07, 6.45) is 0. The van der Waals surface area contributed by atoms with Gasteiger partial charge in [0.1, 0.15) is 18.1 Å². The lowest BCUT2D eigenvalue weighted by Crippen LogP contribution is -2.00. The van der Waals surface area contributed by atoms with Crippen molar-refractivity contribution >= 4 is 23.2 Å². The molecule has 0 spiro atoms. The normalized spacial score (nSPS) is 10.3. The average molecular weight is 297 g/mol. The minimum atomic E-state index is 0.320. The fourth-order valence-corrected chi connectivity index (χ4v) is 2.36. The maximum absolute atomic E-state index is 6.08. The molecule has 4 heteroatoms. The van der Waals surface area contributed by atoms with Crippen LogP contribution in [0.4, 0.5) is 0 Å². The molecule has 0 fully saturated rings. The molecule has 0 aliphatic heterocycles. The topological polar surface area (TPSA) is 18.5 Å². The molecule has 100 valence electrons. The number of para-hydroxylation sites is 1. The summed E-state index contributed by atoms with van der Waals surface area (Å²) in [6, 6.07) is 13.2. The Bertz CT molecular complexity index is 556. The molecule has 0 saturated carbocycles. The third kappa shape index (κ3) is 3.34. The predicted octanol–water partition coefficient (Wildman–Crippen LogP) is 4.67. The first-order valence-corrected chi connectivity index (χ1v) is 6.75. The Kier molecular flexibility index (Phi) is 4.94. The van der Waals surface area contributed by atoms with Crippen molar-refractivity contribution in [3.8, 4) is 11.5 Å². The summed E-state index contributed by atoms with van der Waals surface area (Å²) in [5, 5.41) is 0.618. The molecule has 0 bridgehead atoms. The second-order valence-corrected chi connectivity index (χ2v) is 4.63. The molecule has 2 nitrogen and oxygen atoms in total. The molecule has 0 N–H and O–H groups in total. The number of halogens is 2. The van der Waals surface area contributed by atoms with E-state index in [1.54, 1.807) is 13.2 Å². The van der Waals surface area contributed by atoms with Crippen molar-refractivity contribution in [2.24, 2.45) is 0 Å². The van der Waals surface area contributed by atoms with Gasteiger partial charge >= 0.3 is 0 Å². The molecular formula is C15H14Cl2O2. The van der Waals surface area contributed by atoms with E-state index in [0.717, 1.165) is 16.9 Å². The fraction of sp³-hybridized carbons (Fsp3) is 0.200. The molecule has 2 rings (SSSR count). The van der Waals surface area contributed by atoms with Crippen molar-refractivity contribution in [1.29, 1.82) is 0 Å². The van der Waals surface area contributed by atoms with Crippen LogP contribution in [-0.2, 0) is 12.5 Å². The molecule has 0 atom stereocenters. The number of methoxy groups -OCH3 is 1. The van der Waals surface area contributed by atoms with E-state index < -0.39 is 0 Å². The van der Waals surface area contributed by atoms with Crippen LogP contribution in [0.15, 0.2) is 42.5 Å². The summed E-state index contributed by atoms with van der Waals surface area (Å²) in [5.41, 5.74) is 1.78. The number of rotatable bonds is 5. The third-order valence-electron chi connectivity index (χ3n) is 2.79. The Balaban J connectivity index is 2.17. The van der Waals surface area contributed by atoms with Crippen LogP contribution in [0.25, 0.3) is 0 Å². The highest BCUT2D eigenvalue weighted by Crippen LogP contribution is 2.29. The number of ether oxygens (including phenoxy) is 2. The van der Waals surface area contributed by atoms with Crippen LogP contribution in [0.3, 0.4) is 0 Å². The molecule has 0 aliphatic carbocycles. The van der Waals surface area contributed by atoms with Gasteiger partial charge in [0.05, 0.1) is 13.0 Å². The zero-order valence-electron chi connectivity index (χ0n) is 10.5. The Morgan fingerprint density at radius 3 is 2.47 bits per heavy atom. The van der Waals surface area contributed by atoms with Gasteiger partial charge in [0.15, 0.2) is 0 Å². The first-order chi connectivity index (χ1) is 9.26. The first kappa shape index (κ1) is 14.0. The van der Waals surface area contributed by atoms with Gasteiger partial charge in [-0.3, -0.25) is 0 Å². The van der Waals surface area contributed by atoms with Crippen LogP contribution < -0.4 is 9.47 Å². The van der Waals surface area contributed by atoms with Gasteiger partial charge in [-0.2, -0.15) is 0 Å². The van der Waals surface area contributed by atoms with Crippen molar-refractivity contribution in [1.82, 2.24) is 0 Å². The molecule has 0 amide bonds. The lowest BCUT2D eigenvalue weighted by atomic mass is 10.2. The van der Waals surface area contributed by atoms with E-state index in [2.05, 4.69) is 0 Å². The molecule has 0 aliphatic rings. The zero-order chi connectivity index (χ0) is 13.7. The third-order valence-corrected chi connectivity index (χ3v) is 3.41. The smallest absolute Gasteiger partial charge is 0.125 e. The standard InChI is InChI=1S/C15H14Cl2O2/c1-18-14-7-3-2-5-11(14)10-19-15-8-4-6-13(17)12(15)9-16/h2-8H,9-10H2,1H3. The van der Waals surface area contributed by atoms with Crippen molar-refractivity contribution in [2.45, 2.75) is 12.5 Å². The average Bonchev–Trinajstić information content (AvgIpc) is 2.45. The van der Waals surface area contributed by atoms with E-state index in [4.69, 9.17) is 32.7 Å².